The van der Waals surface area contributed by atoms with Crippen LogP contribution in [0.2, 0.25) is 4.47 Å². The Morgan fingerprint density at radius 2 is 2.13 bits per heavy atom. The Morgan fingerprint density at radius 3 is 2.87 bits per heavy atom. The summed E-state index contributed by atoms with van der Waals surface area (Å²) in [4.78, 5) is 0. The van der Waals surface area contributed by atoms with Gasteiger partial charge in [0.25, 0.3) is 0 Å². The molecule has 2 atom stereocenters. The Hall–Kier alpha value is 0.260. The Kier molecular flexibility index (Phi) is 3.63. The summed E-state index contributed by atoms with van der Waals surface area (Å²) in [7, 11) is 6.74. The topological polar surface area (TPSA) is 9.23 Å². The van der Waals surface area contributed by atoms with Gasteiger partial charge in [-0.1, -0.05) is 0 Å². The molecule has 0 aromatic heterocycles. The number of halogens is 1. The number of hydrogen-bond donors (Lipinski definition) is 0. The summed E-state index contributed by atoms with van der Waals surface area (Å²) in [5, 5.41) is 0. The summed E-state index contributed by atoms with van der Waals surface area (Å²) in [5.41, 5.74) is 1.32. The monoisotopic (exact) mass is 342 g/mol. The van der Waals surface area contributed by atoms with Gasteiger partial charge in [-0.15, -0.1) is 0 Å². The summed E-state index contributed by atoms with van der Waals surface area (Å²) >= 11 is -2.69. The third-order valence-corrected chi connectivity index (χ3v) is 12.3. The molecule has 1 heterocycles. The van der Waals surface area contributed by atoms with Crippen molar-refractivity contribution in [2.24, 2.45) is 0 Å². The van der Waals surface area contributed by atoms with Crippen molar-refractivity contribution < 1.29 is 3.10 Å². The van der Waals surface area contributed by atoms with E-state index in [9.17, 15) is 0 Å². The van der Waals surface area contributed by atoms with E-state index in [1.165, 1.54) is 22.0 Å². The van der Waals surface area contributed by atoms with Crippen LogP contribution in [0, 0.1) is 0 Å². The maximum atomic E-state index is 6.74. The first-order valence-corrected chi connectivity index (χ1v) is 12.2. The summed E-state index contributed by atoms with van der Waals surface area (Å²) < 4.78 is 8.51. The van der Waals surface area contributed by atoms with Gasteiger partial charge in [0.1, 0.15) is 0 Å². The normalized spacial score (nSPS) is 29.1. The second-order valence-corrected chi connectivity index (χ2v) is 13.6. The fraction of sp³-hybridized carbons (Fsp3) is 0.500. The number of rotatable bonds is 3. The molecule has 0 amide bonds. The molecule has 0 fully saturated rings. The predicted octanol–water partition coefficient (Wildman–Crippen LogP) is 3.47. The molecule has 0 radical (unpaired) electrons. The molecule has 0 spiro atoms. The van der Waals surface area contributed by atoms with Crippen molar-refractivity contribution in [2.75, 3.05) is 0 Å². The van der Waals surface area contributed by atoms with Crippen molar-refractivity contribution >= 4 is 30.0 Å². The Labute approximate surface area is 99.9 Å². The van der Waals surface area contributed by atoms with Gasteiger partial charge in [0.2, 0.25) is 0 Å². The molecule has 0 unspecified atom stereocenters. The van der Waals surface area contributed by atoms with E-state index < -0.39 is 17.5 Å². The van der Waals surface area contributed by atoms with E-state index in [0.717, 1.165) is 4.47 Å². The third kappa shape index (κ3) is 2.19. The van der Waals surface area contributed by atoms with E-state index >= 15 is 0 Å². The van der Waals surface area contributed by atoms with Crippen LogP contribution in [0.1, 0.15) is 38.4 Å². The van der Waals surface area contributed by atoms with Crippen LogP contribution < -0.4 is 3.61 Å². The second-order valence-electron chi connectivity index (χ2n) is 3.93. The molecule has 0 bridgehead atoms. The zero-order chi connectivity index (χ0) is 10.9. The molecule has 1 aromatic carbocycles. The van der Waals surface area contributed by atoms with Crippen LogP contribution in [-0.4, -0.2) is 17.5 Å². The second kappa shape index (κ2) is 4.63. The van der Waals surface area contributed by atoms with Crippen LogP contribution in [0.3, 0.4) is 0 Å². The molecular formula is C12H17ClOTe. The van der Waals surface area contributed by atoms with Gasteiger partial charge in [-0.3, -0.25) is 0 Å². The van der Waals surface area contributed by atoms with Crippen LogP contribution in [-0.2, 0) is 3.10 Å². The van der Waals surface area contributed by atoms with E-state index in [1.807, 2.05) is 0 Å². The molecule has 0 saturated heterocycles. The quantitative estimate of drug-likeness (QED) is 0.766. The molecule has 0 saturated carbocycles. The van der Waals surface area contributed by atoms with Crippen molar-refractivity contribution in [3.8, 4) is 0 Å². The predicted molar refractivity (Wildman–Crippen MR) is 66.9 cm³/mol. The summed E-state index contributed by atoms with van der Waals surface area (Å²) in [6.07, 6.45) is 2.59. The van der Waals surface area contributed by atoms with E-state index in [4.69, 9.17) is 12.1 Å². The standard InChI is InChI=1S/C12H17ClOTe/c1-3-4-9-15(13)12-8-6-5-7-11(12)10(2)14-15/h5-8,10H,3-4,9H2,1-2H3/t10-/m1/s1. The molecule has 0 aliphatic carbocycles. The van der Waals surface area contributed by atoms with Crippen molar-refractivity contribution in [1.29, 1.82) is 0 Å². The van der Waals surface area contributed by atoms with Gasteiger partial charge in [0.05, 0.1) is 0 Å². The molecule has 84 valence electrons. The summed E-state index contributed by atoms with van der Waals surface area (Å²) in [5.74, 6) is 0. The Balaban J connectivity index is 2.30. The number of unbranched alkanes of at least 4 members (excludes halogenated alkanes) is 1. The molecule has 1 aromatic rings. The first-order chi connectivity index (χ1) is 7.17. The molecule has 0 N–H and O–H groups in total. The van der Waals surface area contributed by atoms with Crippen LogP contribution in [0.25, 0.3) is 0 Å². The number of benzene rings is 1. The van der Waals surface area contributed by atoms with Gasteiger partial charge in [-0.05, 0) is 0 Å². The molecule has 1 aliphatic heterocycles. The van der Waals surface area contributed by atoms with Gasteiger partial charge in [-0.25, -0.2) is 0 Å². The number of hydrogen-bond acceptors (Lipinski definition) is 1. The first kappa shape index (κ1) is 11.7. The van der Waals surface area contributed by atoms with Gasteiger partial charge in [0.15, 0.2) is 0 Å². The van der Waals surface area contributed by atoms with E-state index in [0.29, 0.717) is 0 Å². The van der Waals surface area contributed by atoms with Crippen molar-refractivity contribution in [2.45, 2.75) is 37.3 Å². The Bertz CT molecular complexity index is 355. The van der Waals surface area contributed by atoms with Crippen LogP contribution in [0.4, 0.5) is 0 Å². The molecular weight excluding hydrogens is 323 g/mol. The molecule has 1 aliphatic rings. The van der Waals surface area contributed by atoms with Crippen molar-refractivity contribution in [3.63, 3.8) is 0 Å². The summed E-state index contributed by atoms with van der Waals surface area (Å²) in [6, 6.07) is 8.48. The molecule has 1 nitrogen and oxygen atoms in total. The fourth-order valence-corrected chi connectivity index (χ4v) is 11.5. The van der Waals surface area contributed by atoms with Gasteiger partial charge >= 0.3 is 100 Å². The zero-order valence-electron chi connectivity index (χ0n) is 9.20. The SMILES string of the molecule is CCCC[Te@@]1(Cl)O[C@H](C)c2ccccc21. The fourth-order valence-electron chi connectivity index (χ4n) is 1.91. The van der Waals surface area contributed by atoms with E-state index in [1.54, 1.807) is 0 Å². The van der Waals surface area contributed by atoms with E-state index in [-0.39, 0.29) is 6.10 Å². The zero-order valence-corrected chi connectivity index (χ0v) is 12.3. The van der Waals surface area contributed by atoms with Gasteiger partial charge in [0, 0.05) is 0 Å². The Morgan fingerprint density at radius 1 is 1.40 bits per heavy atom. The van der Waals surface area contributed by atoms with Crippen molar-refractivity contribution in [1.82, 2.24) is 0 Å². The average molecular weight is 340 g/mol. The van der Waals surface area contributed by atoms with Crippen LogP contribution >= 0.6 is 8.96 Å². The average Bonchev–Trinajstić information content (AvgIpc) is 2.50. The van der Waals surface area contributed by atoms with Crippen molar-refractivity contribution in [3.05, 3.63) is 29.8 Å². The van der Waals surface area contributed by atoms with Crippen LogP contribution in [0.15, 0.2) is 24.3 Å². The first-order valence-electron chi connectivity index (χ1n) is 5.45. The molecule has 15 heavy (non-hydrogen) atoms. The molecule has 2 rings (SSSR count). The third-order valence-electron chi connectivity index (χ3n) is 2.74. The van der Waals surface area contributed by atoms with Gasteiger partial charge < -0.3 is 0 Å². The van der Waals surface area contributed by atoms with Gasteiger partial charge in [-0.2, -0.15) is 0 Å². The minimum atomic E-state index is -2.69. The maximum absolute atomic E-state index is 6.74. The molecule has 3 heteroatoms. The van der Waals surface area contributed by atoms with E-state index in [2.05, 4.69) is 38.1 Å². The number of fused-ring (bicyclic) bond motifs is 1. The minimum absolute atomic E-state index is 0.205. The van der Waals surface area contributed by atoms with Crippen LogP contribution in [0.5, 0.6) is 0 Å². The summed E-state index contributed by atoms with van der Waals surface area (Å²) in [6.45, 7) is 4.31.